The Labute approximate surface area is 114 Å². The zero-order chi connectivity index (χ0) is 13.0. The number of carbonyl (C=O) groups is 1. The summed E-state index contributed by atoms with van der Waals surface area (Å²) in [5.74, 6) is 0.720. The summed E-state index contributed by atoms with van der Waals surface area (Å²) >= 11 is 0. The molecule has 3 heteroatoms. The zero-order valence-corrected chi connectivity index (χ0v) is 11.4. The fraction of sp³-hybridized carbons (Fsp3) is 0.562. The van der Waals surface area contributed by atoms with Crippen molar-refractivity contribution in [2.24, 2.45) is 5.92 Å². The molecule has 4 saturated heterocycles. The molecule has 2 atom stereocenters. The molecule has 4 heterocycles. The van der Waals surface area contributed by atoms with Gasteiger partial charge in [0, 0.05) is 45.2 Å². The van der Waals surface area contributed by atoms with E-state index < -0.39 is 0 Å². The van der Waals surface area contributed by atoms with Crippen molar-refractivity contribution < 1.29 is 4.79 Å². The van der Waals surface area contributed by atoms with E-state index in [4.69, 9.17) is 0 Å². The molecule has 0 N–H and O–H groups in total. The van der Waals surface area contributed by atoms with Crippen LogP contribution in [-0.4, -0.2) is 54.9 Å². The standard InChI is InChI=1S/C16H20N2O/c1-12-3-2-4-14(7-12)16-10-17-5-6-18(11-16)9-13(8-17)15(16)19/h2-4,7,13H,5-6,8-11H2,1H3. The summed E-state index contributed by atoms with van der Waals surface area (Å²) in [7, 11) is 0. The number of rotatable bonds is 1. The van der Waals surface area contributed by atoms with Gasteiger partial charge in [-0.05, 0) is 12.5 Å². The third-order valence-corrected chi connectivity index (χ3v) is 5.09. The largest absolute Gasteiger partial charge is 0.300 e. The van der Waals surface area contributed by atoms with Crippen LogP contribution in [0.1, 0.15) is 11.1 Å². The first-order valence-corrected chi connectivity index (χ1v) is 7.24. The summed E-state index contributed by atoms with van der Waals surface area (Å²) in [4.78, 5) is 17.9. The Morgan fingerprint density at radius 2 is 1.84 bits per heavy atom. The van der Waals surface area contributed by atoms with E-state index in [0.717, 1.165) is 39.3 Å². The van der Waals surface area contributed by atoms with Gasteiger partial charge in [0.15, 0.2) is 5.78 Å². The van der Waals surface area contributed by atoms with E-state index in [1.165, 1.54) is 11.1 Å². The molecule has 4 aliphatic rings. The molecule has 100 valence electrons. The van der Waals surface area contributed by atoms with E-state index in [1.54, 1.807) is 0 Å². The number of ketones is 1. The second-order valence-electron chi connectivity index (χ2n) is 6.48. The van der Waals surface area contributed by atoms with Crippen molar-refractivity contribution in [1.82, 2.24) is 9.80 Å². The van der Waals surface area contributed by atoms with Gasteiger partial charge in [0.2, 0.25) is 0 Å². The molecular weight excluding hydrogens is 236 g/mol. The Balaban J connectivity index is 1.85. The molecule has 4 bridgehead atoms. The SMILES string of the molecule is Cc1cccc(C23CN4CCN(CC(C4)C2=O)C3)c1. The highest BCUT2D eigenvalue weighted by atomic mass is 16.1. The van der Waals surface area contributed by atoms with Crippen LogP contribution in [0.2, 0.25) is 0 Å². The van der Waals surface area contributed by atoms with Crippen LogP contribution in [0.5, 0.6) is 0 Å². The lowest BCUT2D eigenvalue weighted by atomic mass is 9.67. The fourth-order valence-electron chi connectivity index (χ4n) is 4.23. The first-order valence-electron chi connectivity index (χ1n) is 7.24. The van der Waals surface area contributed by atoms with Crippen molar-refractivity contribution in [1.29, 1.82) is 0 Å². The van der Waals surface area contributed by atoms with Crippen molar-refractivity contribution in [2.45, 2.75) is 12.3 Å². The third kappa shape index (κ3) is 1.61. The molecule has 0 aliphatic carbocycles. The second kappa shape index (κ2) is 3.90. The molecular formula is C16H20N2O. The molecule has 0 saturated carbocycles. The molecule has 2 unspecified atom stereocenters. The highest BCUT2D eigenvalue weighted by Crippen LogP contribution is 2.40. The number of aryl methyl sites for hydroxylation is 1. The van der Waals surface area contributed by atoms with Crippen LogP contribution in [0.4, 0.5) is 0 Å². The minimum Gasteiger partial charge on any atom is -0.300 e. The van der Waals surface area contributed by atoms with E-state index in [0.29, 0.717) is 5.78 Å². The number of benzene rings is 1. The van der Waals surface area contributed by atoms with Gasteiger partial charge in [-0.1, -0.05) is 29.8 Å². The first-order chi connectivity index (χ1) is 9.17. The zero-order valence-electron chi connectivity index (χ0n) is 11.4. The molecule has 4 fully saturated rings. The lowest BCUT2D eigenvalue weighted by Crippen LogP contribution is -2.63. The van der Waals surface area contributed by atoms with E-state index >= 15 is 0 Å². The molecule has 19 heavy (non-hydrogen) atoms. The Morgan fingerprint density at radius 3 is 2.47 bits per heavy atom. The quantitative estimate of drug-likeness (QED) is 0.751. The van der Waals surface area contributed by atoms with Gasteiger partial charge in [0.1, 0.15) is 0 Å². The van der Waals surface area contributed by atoms with E-state index in [-0.39, 0.29) is 11.3 Å². The van der Waals surface area contributed by atoms with Gasteiger partial charge in [-0.3, -0.25) is 14.6 Å². The Bertz CT molecular complexity index is 523. The minimum absolute atomic E-state index is 0.227. The highest BCUT2D eigenvalue weighted by molar-refractivity contribution is 5.94. The van der Waals surface area contributed by atoms with Crippen LogP contribution in [-0.2, 0) is 10.2 Å². The van der Waals surface area contributed by atoms with Crippen molar-refractivity contribution in [3.8, 4) is 0 Å². The van der Waals surface area contributed by atoms with Gasteiger partial charge < -0.3 is 0 Å². The van der Waals surface area contributed by atoms with E-state index in [9.17, 15) is 4.79 Å². The normalized spacial score (nSPS) is 40.5. The Kier molecular flexibility index (Phi) is 2.39. The molecule has 0 aromatic heterocycles. The number of hydrogen-bond donors (Lipinski definition) is 0. The topological polar surface area (TPSA) is 23.6 Å². The van der Waals surface area contributed by atoms with E-state index in [2.05, 4.69) is 41.0 Å². The van der Waals surface area contributed by atoms with Gasteiger partial charge in [0.05, 0.1) is 5.41 Å². The molecule has 3 nitrogen and oxygen atoms in total. The average molecular weight is 256 g/mol. The first kappa shape index (κ1) is 11.6. The smallest absolute Gasteiger partial charge is 0.151 e. The summed E-state index contributed by atoms with van der Waals surface area (Å²) in [6.07, 6.45) is 0. The number of carbonyl (C=O) groups excluding carboxylic acids is 1. The van der Waals surface area contributed by atoms with Crippen molar-refractivity contribution in [2.75, 3.05) is 39.3 Å². The monoisotopic (exact) mass is 256 g/mol. The molecule has 0 amide bonds. The maximum Gasteiger partial charge on any atom is 0.151 e. The number of fused-ring (bicyclic) bond motifs is 1. The number of nitrogens with zero attached hydrogens (tertiary/aromatic N) is 2. The molecule has 5 rings (SSSR count). The van der Waals surface area contributed by atoms with E-state index in [1.807, 2.05) is 0 Å². The van der Waals surface area contributed by atoms with Gasteiger partial charge in [0.25, 0.3) is 0 Å². The maximum absolute atomic E-state index is 12.9. The summed E-state index contributed by atoms with van der Waals surface area (Å²) < 4.78 is 0. The van der Waals surface area contributed by atoms with Crippen molar-refractivity contribution >= 4 is 5.78 Å². The van der Waals surface area contributed by atoms with Crippen molar-refractivity contribution in [3.63, 3.8) is 0 Å². The molecule has 0 spiro atoms. The number of Topliss-reactive ketones (excluding diaryl/α,β-unsaturated/α-hetero) is 1. The molecule has 0 radical (unpaired) electrons. The van der Waals surface area contributed by atoms with Gasteiger partial charge in [-0.15, -0.1) is 0 Å². The Hall–Kier alpha value is -1.19. The van der Waals surface area contributed by atoms with Gasteiger partial charge in [-0.2, -0.15) is 0 Å². The molecule has 1 aromatic carbocycles. The van der Waals surface area contributed by atoms with Gasteiger partial charge >= 0.3 is 0 Å². The lowest BCUT2D eigenvalue weighted by Gasteiger charge is -2.48. The third-order valence-electron chi connectivity index (χ3n) is 5.09. The summed E-state index contributed by atoms with van der Waals surface area (Å²) in [6.45, 7) is 8.15. The second-order valence-corrected chi connectivity index (χ2v) is 6.48. The van der Waals surface area contributed by atoms with Crippen LogP contribution in [0, 0.1) is 12.8 Å². The Morgan fingerprint density at radius 1 is 1.16 bits per heavy atom. The van der Waals surface area contributed by atoms with Crippen LogP contribution >= 0.6 is 0 Å². The average Bonchev–Trinajstić information content (AvgIpc) is 2.64. The predicted molar refractivity (Wildman–Crippen MR) is 74.2 cm³/mol. The number of piperidine rings is 2. The summed E-state index contributed by atoms with van der Waals surface area (Å²) in [6, 6.07) is 8.58. The lowest BCUT2D eigenvalue weighted by molar-refractivity contribution is -0.137. The minimum atomic E-state index is -0.260. The maximum atomic E-state index is 12.9. The van der Waals surface area contributed by atoms with Crippen LogP contribution in [0.15, 0.2) is 24.3 Å². The highest BCUT2D eigenvalue weighted by Gasteiger charge is 2.54. The fourth-order valence-corrected chi connectivity index (χ4v) is 4.23. The predicted octanol–water partition coefficient (Wildman–Crippen LogP) is 1.06. The van der Waals surface area contributed by atoms with Crippen molar-refractivity contribution in [3.05, 3.63) is 35.4 Å². The number of hydrogen-bond acceptors (Lipinski definition) is 3. The molecule has 1 aromatic rings. The van der Waals surface area contributed by atoms with Gasteiger partial charge in [-0.25, -0.2) is 0 Å². The van der Waals surface area contributed by atoms with Crippen LogP contribution in [0.3, 0.4) is 0 Å². The molecule has 4 aliphatic heterocycles. The van der Waals surface area contributed by atoms with Crippen LogP contribution < -0.4 is 0 Å². The summed E-state index contributed by atoms with van der Waals surface area (Å²) in [5, 5.41) is 0. The summed E-state index contributed by atoms with van der Waals surface area (Å²) in [5.41, 5.74) is 2.23. The van der Waals surface area contributed by atoms with Crippen LogP contribution in [0.25, 0.3) is 0 Å².